The van der Waals surface area contributed by atoms with Crippen molar-refractivity contribution in [2.75, 3.05) is 4.90 Å². The topological polar surface area (TPSA) is 20.3 Å². The predicted molar refractivity (Wildman–Crippen MR) is 77.0 cm³/mol. The number of nitrogens with zero attached hydrogens (tertiary/aromatic N) is 1. The number of carbonyl (C=O) groups excluding carboxylic acids is 1. The van der Waals surface area contributed by atoms with E-state index in [1.54, 1.807) is 4.90 Å². The molecule has 2 aromatic rings. The van der Waals surface area contributed by atoms with Crippen molar-refractivity contribution in [3.8, 4) is 0 Å². The van der Waals surface area contributed by atoms with Gasteiger partial charge in [0, 0.05) is 11.3 Å². The highest BCUT2D eigenvalue weighted by atomic mass is 16.2. The zero-order valence-electron chi connectivity index (χ0n) is 10.8. The Bertz CT molecular complexity index is 628. The Labute approximate surface area is 113 Å². The van der Waals surface area contributed by atoms with Crippen molar-refractivity contribution in [3.05, 3.63) is 77.9 Å². The molecule has 1 aliphatic rings. The lowest BCUT2D eigenvalue weighted by molar-refractivity contribution is -0.118. The standard InChI is InChI=1S/C17H15NO/c1-12-8-10-14(11-9-12)16-13(2)17(19)18(16)15-6-4-3-5-7-15/h3-11,16H,2H2,1H3/t16-/m1/s1. The van der Waals surface area contributed by atoms with Crippen LogP contribution in [0.2, 0.25) is 0 Å². The molecule has 19 heavy (non-hydrogen) atoms. The van der Waals surface area contributed by atoms with Gasteiger partial charge in [0.05, 0.1) is 6.04 Å². The molecule has 0 N–H and O–H groups in total. The quantitative estimate of drug-likeness (QED) is 0.588. The summed E-state index contributed by atoms with van der Waals surface area (Å²) >= 11 is 0. The summed E-state index contributed by atoms with van der Waals surface area (Å²) in [4.78, 5) is 13.8. The first-order valence-electron chi connectivity index (χ1n) is 6.32. The molecule has 0 aliphatic carbocycles. The van der Waals surface area contributed by atoms with E-state index in [0.29, 0.717) is 5.57 Å². The summed E-state index contributed by atoms with van der Waals surface area (Å²) in [7, 11) is 0. The van der Waals surface area contributed by atoms with Gasteiger partial charge in [0.2, 0.25) is 0 Å². The Hall–Kier alpha value is -2.35. The molecule has 2 nitrogen and oxygen atoms in total. The van der Waals surface area contributed by atoms with Gasteiger partial charge >= 0.3 is 0 Å². The SMILES string of the molecule is C=C1C(=O)N(c2ccccc2)[C@H]1c1ccc(C)cc1. The van der Waals surface area contributed by atoms with Crippen molar-refractivity contribution in [1.82, 2.24) is 0 Å². The van der Waals surface area contributed by atoms with Crippen LogP contribution < -0.4 is 4.90 Å². The van der Waals surface area contributed by atoms with Crippen LogP contribution in [0.5, 0.6) is 0 Å². The van der Waals surface area contributed by atoms with Crippen LogP contribution in [0.4, 0.5) is 5.69 Å². The number of hydrogen-bond acceptors (Lipinski definition) is 1. The molecule has 0 spiro atoms. The molecule has 1 atom stereocenters. The molecule has 0 radical (unpaired) electrons. The maximum atomic E-state index is 12.0. The fourth-order valence-electron chi connectivity index (χ4n) is 2.43. The summed E-state index contributed by atoms with van der Waals surface area (Å²) < 4.78 is 0. The normalized spacial score (nSPS) is 18.4. The molecule has 1 fully saturated rings. The highest BCUT2D eigenvalue weighted by Crippen LogP contribution is 2.41. The molecule has 0 saturated carbocycles. The molecule has 94 valence electrons. The lowest BCUT2D eigenvalue weighted by Gasteiger charge is -2.42. The molecule has 2 heteroatoms. The Morgan fingerprint density at radius 1 is 1.00 bits per heavy atom. The molecule has 1 aliphatic heterocycles. The second-order valence-corrected chi connectivity index (χ2v) is 4.85. The molecule has 1 amide bonds. The number of carbonyl (C=O) groups is 1. The number of para-hydroxylation sites is 1. The van der Waals surface area contributed by atoms with Gasteiger partial charge in [-0.15, -0.1) is 0 Å². The smallest absolute Gasteiger partial charge is 0.256 e. The zero-order valence-corrected chi connectivity index (χ0v) is 10.8. The maximum absolute atomic E-state index is 12.0. The van der Waals surface area contributed by atoms with Gasteiger partial charge in [0.25, 0.3) is 5.91 Å². The number of β-lactam (4-membered cyclic amide) rings is 1. The molecular weight excluding hydrogens is 234 g/mol. The first-order chi connectivity index (χ1) is 9.18. The minimum atomic E-state index is -0.0319. The van der Waals surface area contributed by atoms with Crippen LogP contribution in [-0.2, 0) is 4.79 Å². The van der Waals surface area contributed by atoms with Crippen LogP contribution >= 0.6 is 0 Å². The van der Waals surface area contributed by atoms with Crippen LogP contribution in [0.25, 0.3) is 0 Å². The molecule has 2 aromatic carbocycles. The van der Waals surface area contributed by atoms with Crippen molar-refractivity contribution in [3.63, 3.8) is 0 Å². The van der Waals surface area contributed by atoms with Gasteiger partial charge < -0.3 is 0 Å². The average molecular weight is 249 g/mol. The van der Waals surface area contributed by atoms with E-state index >= 15 is 0 Å². The van der Waals surface area contributed by atoms with Crippen LogP contribution in [0.15, 0.2) is 66.7 Å². The molecule has 3 rings (SSSR count). The summed E-state index contributed by atoms with van der Waals surface area (Å²) in [6.07, 6.45) is 0. The maximum Gasteiger partial charge on any atom is 0.256 e. The Kier molecular flexibility index (Phi) is 2.71. The Balaban J connectivity index is 1.98. The number of amides is 1. The summed E-state index contributed by atoms with van der Waals surface area (Å²) in [5, 5.41) is 0. The van der Waals surface area contributed by atoms with Crippen molar-refractivity contribution >= 4 is 11.6 Å². The van der Waals surface area contributed by atoms with E-state index in [4.69, 9.17) is 0 Å². The molecule has 1 saturated heterocycles. The number of benzene rings is 2. The molecule has 0 bridgehead atoms. The summed E-state index contributed by atoms with van der Waals surface area (Å²) in [6, 6.07) is 18.0. The minimum absolute atomic E-state index is 0.0109. The Morgan fingerprint density at radius 3 is 2.26 bits per heavy atom. The van der Waals surface area contributed by atoms with Crippen molar-refractivity contribution in [1.29, 1.82) is 0 Å². The van der Waals surface area contributed by atoms with Gasteiger partial charge in [-0.25, -0.2) is 0 Å². The van der Waals surface area contributed by atoms with E-state index in [-0.39, 0.29) is 11.9 Å². The van der Waals surface area contributed by atoms with E-state index in [9.17, 15) is 4.79 Å². The summed E-state index contributed by atoms with van der Waals surface area (Å²) in [5.74, 6) is 0.0109. The molecule has 0 aromatic heterocycles. The number of anilines is 1. The third kappa shape index (κ3) is 1.85. The third-order valence-corrected chi connectivity index (χ3v) is 3.51. The van der Waals surface area contributed by atoms with E-state index in [1.807, 2.05) is 30.3 Å². The van der Waals surface area contributed by atoms with Gasteiger partial charge in [0.15, 0.2) is 0 Å². The number of rotatable bonds is 2. The molecule has 0 unspecified atom stereocenters. The van der Waals surface area contributed by atoms with Crippen molar-refractivity contribution < 1.29 is 4.79 Å². The van der Waals surface area contributed by atoms with Crippen LogP contribution in [-0.4, -0.2) is 5.91 Å². The fraction of sp³-hybridized carbons (Fsp3) is 0.118. The minimum Gasteiger partial charge on any atom is -0.297 e. The molecular formula is C17H15NO. The molecule has 1 heterocycles. The van der Waals surface area contributed by atoms with Gasteiger partial charge in [0.1, 0.15) is 0 Å². The summed E-state index contributed by atoms with van der Waals surface area (Å²) in [6.45, 7) is 5.96. The number of aryl methyl sites for hydroxylation is 1. The van der Waals surface area contributed by atoms with Crippen LogP contribution in [0.1, 0.15) is 17.2 Å². The second kappa shape index (κ2) is 4.39. The van der Waals surface area contributed by atoms with Gasteiger partial charge in [-0.05, 0) is 24.6 Å². The first kappa shape index (κ1) is 11.7. The monoisotopic (exact) mass is 249 g/mol. The fourth-order valence-corrected chi connectivity index (χ4v) is 2.43. The lowest BCUT2D eigenvalue weighted by atomic mass is 9.88. The van der Waals surface area contributed by atoms with E-state index in [0.717, 1.165) is 11.3 Å². The van der Waals surface area contributed by atoms with E-state index < -0.39 is 0 Å². The van der Waals surface area contributed by atoms with Crippen molar-refractivity contribution in [2.24, 2.45) is 0 Å². The third-order valence-electron chi connectivity index (χ3n) is 3.51. The number of hydrogen-bond donors (Lipinski definition) is 0. The zero-order chi connectivity index (χ0) is 13.4. The van der Waals surface area contributed by atoms with Gasteiger partial charge in [-0.1, -0.05) is 54.6 Å². The lowest BCUT2D eigenvalue weighted by Crippen LogP contribution is -2.48. The van der Waals surface area contributed by atoms with Crippen molar-refractivity contribution in [2.45, 2.75) is 13.0 Å². The van der Waals surface area contributed by atoms with E-state index in [1.165, 1.54) is 5.56 Å². The predicted octanol–water partition coefficient (Wildman–Crippen LogP) is 3.64. The van der Waals surface area contributed by atoms with E-state index in [2.05, 4.69) is 37.8 Å². The van der Waals surface area contributed by atoms with Crippen LogP contribution in [0, 0.1) is 6.92 Å². The average Bonchev–Trinajstić information content (AvgIpc) is 2.46. The largest absolute Gasteiger partial charge is 0.297 e. The summed E-state index contributed by atoms with van der Waals surface area (Å²) in [5.41, 5.74) is 3.91. The highest BCUT2D eigenvalue weighted by Gasteiger charge is 2.42. The second-order valence-electron chi connectivity index (χ2n) is 4.85. The Morgan fingerprint density at radius 2 is 1.63 bits per heavy atom. The van der Waals surface area contributed by atoms with Gasteiger partial charge in [-0.3, -0.25) is 9.69 Å². The van der Waals surface area contributed by atoms with Crippen LogP contribution in [0.3, 0.4) is 0 Å². The van der Waals surface area contributed by atoms with Gasteiger partial charge in [-0.2, -0.15) is 0 Å². The highest BCUT2D eigenvalue weighted by molar-refractivity contribution is 6.14. The first-order valence-corrected chi connectivity index (χ1v) is 6.32.